The van der Waals surface area contributed by atoms with Gasteiger partial charge in [-0.2, -0.15) is 5.10 Å². The van der Waals surface area contributed by atoms with Gasteiger partial charge in [0.2, 0.25) is 5.95 Å². The van der Waals surface area contributed by atoms with Crippen molar-refractivity contribution >= 4 is 33.9 Å². The molecule has 0 atom stereocenters. The average molecular weight is 565 g/mol. The molecule has 0 saturated heterocycles. The van der Waals surface area contributed by atoms with Crippen LogP contribution in [0.15, 0.2) is 98.7 Å². The Morgan fingerprint density at radius 3 is 2.12 bits per heavy atom. The van der Waals surface area contributed by atoms with Crippen molar-refractivity contribution < 1.29 is 0 Å². The van der Waals surface area contributed by atoms with Crippen LogP contribution in [0.1, 0.15) is 17.1 Å². The van der Waals surface area contributed by atoms with Crippen molar-refractivity contribution in [1.29, 1.82) is 0 Å². The largest absolute Gasteiger partial charge is 0.299 e. The lowest BCUT2D eigenvalue weighted by Crippen LogP contribution is -2.25. The minimum atomic E-state index is -0.282. The second kappa shape index (κ2) is 10.1. The molecule has 6 aromatic rings. The van der Waals surface area contributed by atoms with Crippen LogP contribution in [0.4, 0.5) is 11.4 Å². The summed E-state index contributed by atoms with van der Waals surface area (Å²) in [5.74, 6) is 0.292. The molecule has 0 aliphatic heterocycles. The monoisotopic (exact) mass is 564 g/mol. The molecule has 0 spiro atoms. The fourth-order valence-electron chi connectivity index (χ4n) is 4.83. The Morgan fingerprint density at radius 1 is 0.732 bits per heavy atom. The lowest BCUT2D eigenvalue weighted by molar-refractivity contribution is 0.630. The molecule has 0 radical (unpaired) electrons. The van der Waals surface area contributed by atoms with E-state index < -0.39 is 0 Å². The van der Waals surface area contributed by atoms with Crippen molar-refractivity contribution in [2.24, 2.45) is 17.3 Å². The molecular weight excluding hydrogens is 540 g/mol. The van der Waals surface area contributed by atoms with Gasteiger partial charge in [-0.1, -0.05) is 41.9 Å². The number of hydrogen-bond donors (Lipinski definition) is 0. The first-order chi connectivity index (χ1) is 19.8. The van der Waals surface area contributed by atoms with Crippen LogP contribution in [0, 0.1) is 20.8 Å². The third-order valence-electron chi connectivity index (χ3n) is 7.06. The third kappa shape index (κ3) is 4.38. The van der Waals surface area contributed by atoms with E-state index in [2.05, 4.69) is 15.3 Å². The van der Waals surface area contributed by atoms with E-state index in [1.165, 1.54) is 4.57 Å². The molecule has 0 aliphatic rings. The standard InChI is InChI=1S/C30H25ClN8O2/c1-18-26(33-34-27-19(2)36(4)39(29(27)41)23-10-6-5-7-11-23)20(3)38(35-18)30-32-25-13-9-8-12-24(25)28(40)37(30)22-16-14-21(31)15-17-22/h5-17H,1-4H3. The molecule has 6 rings (SSSR count). The van der Waals surface area contributed by atoms with Gasteiger partial charge in [0.05, 0.1) is 39.4 Å². The van der Waals surface area contributed by atoms with Gasteiger partial charge in [0, 0.05) is 12.1 Å². The molecule has 0 fully saturated rings. The van der Waals surface area contributed by atoms with Crippen LogP contribution in [0.25, 0.3) is 28.2 Å². The summed E-state index contributed by atoms with van der Waals surface area (Å²) in [6, 6.07) is 23.5. The fourth-order valence-corrected chi connectivity index (χ4v) is 4.96. The highest BCUT2D eigenvalue weighted by Gasteiger charge is 2.21. The number of para-hydroxylation sites is 2. The zero-order valence-corrected chi connectivity index (χ0v) is 23.5. The Labute approximate surface area is 239 Å². The molecular formula is C30H25ClN8O2. The summed E-state index contributed by atoms with van der Waals surface area (Å²) >= 11 is 6.12. The second-order valence-electron chi connectivity index (χ2n) is 9.59. The van der Waals surface area contributed by atoms with Gasteiger partial charge in [0.25, 0.3) is 11.1 Å². The van der Waals surface area contributed by atoms with Crippen molar-refractivity contribution in [3.05, 3.63) is 122 Å². The predicted octanol–water partition coefficient (Wildman–Crippen LogP) is 6.05. The van der Waals surface area contributed by atoms with Gasteiger partial charge in [-0.05, 0) is 69.3 Å². The smallest absolute Gasteiger partial charge is 0.283 e. The van der Waals surface area contributed by atoms with E-state index in [1.807, 2.05) is 50.2 Å². The summed E-state index contributed by atoms with van der Waals surface area (Å²) in [5.41, 5.74) is 3.86. The van der Waals surface area contributed by atoms with E-state index in [9.17, 15) is 9.59 Å². The van der Waals surface area contributed by atoms with Gasteiger partial charge >= 0.3 is 0 Å². The van der Waals surface area contributed by atoms with E-state index in [1.54, 1.807) is 70.5 Å². The lowest BCUT2D eigenvalue weighted by atomic mass is 10.2. The Hall–Kier alpha value is -5.09. The zero-order valence-electron chi connectivity index (χ0n) is 22.8. The number of nitrogens with zero attached hydrogens (tertiary/aromatic N) is 8. The van der Waals surface area contributed by atoms with E-state index in [0.717, 1.165) is 5.69 Å². The predicted molar refractivity (Wildman–Crippen MR) is 159 cm³/mol. The van der Waals surface area contributed by atoms with Crippen LogP contribution >= 0.6 is 11.6 Å². The Balaban J connectivity index is 1.50. The first-order valence-electron chi connectivity index (χ1n) is 12.9. The molecule has 41 heavy (non-hydrogen) atoms. The highest BCUT2D eigenvalue weighted by Crippen LogP contribution is 2.29. The van der Waals surface area contributed by atoms with E-state index in [-0.39, 0.29) is 16.8 Å². The molecule has 0 amide bonds. The number of benzene rings is 3. The lowest BCUT2D eigenvalue weighted by Gasteiger charge is -2.14. The minimum absolute atomic E-state index is 0.227. The molecule has 3 heterocycles. The highest BCUT2D eigenvalue weighted by molar-refractivity contribution is 6.30. The van der Waals surface area contributed by atoms with Gasteiger partial charge in [-0.25, -0.2) is 18.9 Å². The number of aryl methyl sites for hydroxylation is 1. The van der Waals surface area contributed by atoms with E-state index >= 15 is 0 Å². The molecule has 3 aromatic heterocycles. The summed E-state index contributed by atoms with van der Waals surface area (Å²) in [6.45, 7) is 5.44. The SMILES string of the molecule is Cc1nn(-c2nc3ccccc3c(=O)n2-c2ccc(Cl)cc2)c(C)c1N=Nc1c(C)n(C)n(-c2ccccc2)c1=O. The van der Waals surface area contributed by atoms with Gasteiger partial charge in [-0.3, -0.25) is 14.3 Å². The first kappa shape index (κ1) is 26.1. The summed E-state index contributed by atoms with van der Waals surface area (Å²) in [4.78, 5) is 31.9. The molecule has 0 bridgehead atoms. The number of halogens is 1. The maximum absolute atomic E-state index is 13.7. The normalized spacial score (nSPS) is 11.6. The van der Waals surface area contributed by atoms with Crippen LogP contribution in [-0.2, 0) is 7.05 Å². The number of fused-ring (bicyclic) bond motifs is 1. The molecule has 11 heteroatoms. The number of aromatic nitrogens is 6. The summed E-state index contributed by atoms with van der Waals surface area (Å²) in [6.07, 6.45) is 0. The summed E-state index contributed by atoms with van der Waals surface area (Å²) in [5, 5.41) is 14.6. The quantitative estimate of drug-likeness (QED) is 0.237. The number of hydrogen-bond acceptors (Lipinski definition) is 6. The van der Waals surface area contributed by atoms with Crippen molar-refractivity contribution in [1.82, 2.24) is 28.7 Å². The summed E-state index contributed by atoms with van der Waals surface area (Å²) < 4.78 is 6.38. The fraction of sp³-hybridized carbons (Fsp3) is 0.133. The Morgan fingerprint density at radius 2 is 1.39 bits per heavy atom. The van der Waals surface area contributed by atoms with Crippen LogP contribution < -0.4 is 11.1 Å². The van der Waals surface area contributed by atoms with Crippen molar-refractivity contribution in [3.8, 4) is 17.3 Å². The number of azo groups is 1. The van der Waals surface area contributed by atoms with Gasteiger partial charge in [0.15, 0.2) is 5.69 Å². The summed E-state index contributed by atoms with van der Waals surface area (Å²) in [7, 11) is 1.80. The van der Waals surface area contributed by atoms with Crippen LogP contribution in [0.3, 0.4) is 0 Å². The van der Waals surface area contributed by atoms with E-state index in [4.69, 9.17) is 16.6 Å². The molecule has 3 aromatic carbocycles. The zero-order chi connectivity index (χ0) is 28.8. The average Bonchev–Trinajstić information content (AvgIpc) is 3.38. The molecule has 0 saturated carbocycles. The minimum Gasteiger partial charge on any atom is -0.283 e. The van der Waals surface area contributed by atoms with Gasteiger partial charge in [-0.15, -0.1) is 10.2 Å². The van der Waals surface area contributed by atoms with Gasteiger partial charge < -0.3 is 0 Å². The molecule has 204 valence electrons. The first-order valence-corrected chi connectivity index (χ1v) is 13.2. The van der Waals surface area contributed by atoms with Gasteiger partial charge in [0.1, 0.15) is 5.69 Å². The van der Waals surface area contributed by atoms with Crippen LogP contribution in [0.5, 0.6) is 0 Å². The Bertz CT molecular complexity index is 2080. The third-order valence-corrected chi connectivity index (χ3v) is 7.31. The van der Waals surface area contributed by atoms with Crippen molar-refractivity contribution in [2.45, 2.75) is 20.8 Å². The molecule has 10 nitrogen and oxygen atoms in total. The van der Waals surface area contributed by atoms with Crippen LogP contribution in [0.2, 0.25) is 5.02 Å². The maximum atomic E-state index is 13.7. The molecule has 0 N–H and O–H groups in total. The Kier molecular flexibility index (Phi) is 6.47. The van der Waals surface area contributed by atoms with Crippen molar-refractivity contribution in [3.63, 3.8) is 0 Å². The number of rotatable bonds is 5. The van der Waals surface area contributed by atoms with Crippen molar-refractivity contribution in [2.75, 3.05) is 0 Å². The van der Waals surface area contributed by atoms with E-state index in [0.29, 0.717) is 50.3 Å². The second-order valence-corrected chi connectivity index (χ2v) is 10.0. The highest BCUT2D eigenvalue weighted by atomic mass is 35.5. The molecule has 0 unspecified atom stereocenters. The molecule has 0 aliphatic carbocycles. The topological polar surface area (TPSA) is 104 Å². The van der Waals surface area contributed by atoms with Crippen LogP contribution in [-0.4, -0.2) is 28.7 Å². The maximum Gasteiger partial charge on any atom is 0.299 e.